The fraction of sp³-hybridized carbons (Fsp3) is 0. The first-order valence-electron chi connectivity index (χ1n) is 21.4. The highest BCUT2D eigenvalue weighted by Gasteiger charge is 2.19. The Bertz CT molecular complexity index is 3130. The molecule has 0 radical (unpaired) electrons. The van der Waals surface area contributed by atoms with E-state index < -0.39 is 83.6 Å². The van der Waals surface area contributed by atoms with Crippen LogP contribution in [0.4, 0.5) is 0 Å². The van der Waals surface area contributed by atoms with Gasteiger partial charge >= 0.3 is 0 Å². The number of fused-ring (bicyclic) bond motifs is 3. The summed E-state index contributed by atoms with van der Waals surface area (Å²) in [5.41, 5.74) is 2.48. The van der Waals surface area contributed by atoms with Gasteiger partial charge < -0.3 is 4.42 Å². The van der Waals surface area contributed by atoms with Crippen LogP contribution in [0.2, 0.25) is 0 Å². The van der Waals surface area contributed by atoms with Gasteiger partial charge in [-0.3, -0.25) is 0 Å². The SMILES string of the molecule is [2H]c1c([2H])c([2H])c(-c2cc(-c3c([2H])c([2H])c([2H])c([2H])c3[2H])c([2H])c(-c3nc(-c4ccc(-c5ccccc5)cc4)nc(-c4cccc5oc6ccccc6c45)n3)c2[2H])c([2H])c1[2H]. The van der Waals surface area contributed by atoms with Crippen molar-refractivity contribution in [1.82, 2.24) is 15.0 Å². The second-order valence-electron chi connectivity index (χ2n) is 11.1. The highest BCUT2D eigenvalue weighted by atomic mass is 16.3. The lowest BCUT2D eigenvalue weighted by Gasteiger charge is -2.13. The third-order valence-electron chi connectivity index (χ3n) is 8.10. The highest BCUT2D eigenvalue weighted by Crippen LogP contribution is 2.38. The fourth-order valence-electron chi connectivity index (χ4n) is 5.81. The fourth-order valence-corrected chi connectivity index (χ4v) is 5.81. The molecule has 9 aromatic rings. The lowest BCUT2D eigenvalue weighted by molar-refractivity contribution is 0.669. The van der Waals surface area contributed by atoms with Gasteiger partial charge in [-0.2, -0.15) is 0 Å². The zero-order valence-electron chi connectivity index (χ0n) is 37.6. The minimum absolute atomic E-state index is 0.126. The lowest BCUT2D eigenvalue weighted by atomic mass is 9.96. The second-order valence-corrected chi connectivity index (χ2v) is 11.1. The first-order valence-corrected chi connectivity index (χ1v) is 15.4. The van der Waals surface area contributed by atoms with Crippen LogP contribution >= 0.6 is 0 Å². The van der Waals surface area contributed by atoms with Gasteiger partial charge in [-0.15, -0.1) is 0 Å². The number of hydrogen-bond acceptors (Lipinski definition) is 4. The van der Waals surface area contributed by atoms with Gasteiger partial charge in [-0.1, -0.05) is 145 Å². The van der Waals surface area contributed by atoms with Gasteiger partial charge in [0, 0.05) is 27.5 Å². The molecule has 0 amide bonds. The van der Waals surface area contributed by atoms with Crippen molar-refractivity contribution < 1.29 is 20.9 Å². The molecule has 2 heterocycles. The molecule has 49 heavy (non-hydrogen) atoms. The summed E-state index contributed by atoms with van der Waals surface area (Å²) in [6.07, 6.45) is 0. The Balaban J connectivity index is 1.39. The van der Waals surface area contributed by atoms with Crippen LogP contribution in [0, 0.1) is 0 Å². The molecule has 0 unspecified atom stereocenters. The number of aromatic nitrogens is 3. The molecule has 9 rings (SSSR count). The van der Waals surface area contributed by atoms with Crippen molar-refractivity contribution in [2.45, 2.75) is 0 Å². The van der Waals surface area contributed by atoms with Gasteiger partial charge in [-0.25, -0.2) is 15.0 Å². The van der Waals surface area contributed by atoms with E-state index >= 15 is 0 Å². The zero-order chi connectivity index (χ0) is 43.0. The summed E-state index contributed by atoms with van der Waals surface area (Å²) in [6, 6.07) is 23.5. The number of hydrogen-bond donors (Lipinski definition) is 0. The molecule has 0 aliphatic carbocycles. The summed E-state index contributed by atoms with van der Waals surface area (Å²) in [5, 5.41) is 1.46. The molecule has 0 saturated heterocycles. The monoisotopic (exact) mass is 639 g/mol. The number of nitrogens with zero attached hydrogens (tertiary/aromatic N) is 3. The summed E-state index contributed by atoms with van der Waals surface area (Å²) in [7, 11) is 0. The molecule has 0 spiro atoms. The van der Waals surface area contributed by atoms with E-state index in [0.29, 0.717) is 27.7 Å². The standard InChI is InChI=1S/C45H29N3O/c1-4-13-30(14-5-1)33-23-25-34(26-24-33)43-46-44(48-45(47-43)39-20-12-22-41-42(39)38-19-10-11-21-40(38)49-41)37-28-35(31-15-6-2-7-16-31)27-36(29-37)32-17-8-3-9-18-32/h1-29H/i2D,3D,6D,7D,8D,9D,15D,16D,17D,18D,28D,29D. The molecule has 4 nitrogen and oxygen atoms in total. The Labute approximate surface area is 300 Å². The van der Waals surface area contributed by atoms with E-state index in [-0.39, 0.29) is 34.2 Å². The molecule has 4 heteroatoms. The number of benzene rings is 7. The quantitative estimate of drug-likeness (QED) is 0.182. The van der Waals surface area contributed by atoms with Crippen molar-refractivity contribution >= 4 is 21.9 Å². The third-order valence-corrected chi connectivity index (χ3v) is 8.10. The summed E-state index contributed by atoms with van der Waals surface area (Å²) in [5.74, 6) is 0.0382. The number of rotatable bonds is 6. The Morgan fingerprint density at radius 1 is 0.408 bits per heavy atom. The largest absolute Gasteiger partial charge is 0.456 e. The summed E-state index contributed by atoms with van der Waals surface area (Å²) < 4.78 is 111. The van der Waals surface area contributed by atoms with Gasteiger partial charge in [0.2, 0.25) is 0 Å². The van der Waals surface area contributed by atoms with Gasteiger partial charge in [0.25, 0.3) is 0 Å². The van der Waals surface area contributed by atoms with Crippen LogP contribution in [0.5, 0.6) is 0 Å². The van der Waals surface area contributed by atoms with Gasteiger partial charge in [0.05, 0.1) is 16.4 Å². The van der Waals surface area contributed by atoms with Crippen molar-refractivity contribution in [2.24, 2.45) is 0 Å². The Hall–Kier alpha value is -6.65. The van der Waals surface area contributed by atoms with Gasteiger partial charge in [-0.05, 0) is 63.7 Å². The Morgan fingerprint density at radius 2 is 0.959 bits per heavy atom. The molecular weight excluding hydrogens is 599 g/mol. The average molecular weight is 640 g/mol. The van der Waals surface area contributed by atoms with Crippen LogP contribution in [0.15, 0.2) is 180 Å². The van der Waals surface area contributed by atoms with Crippen LogP contribution in [0.1, 0.15) is 16.4 Å². The predicted molar refractivity (Wildman–Crippen MR) is 200 cm³/mol. The van der Waals surface area contributed by atoms with E-state index in [2.05, 4.69) is 0 Å². The van der Waals surface area contributed by atoms with Gasteiger partial charge in [0.15, 0.2) is 17.5 Å². The van der Waals surface area contributed by atoms with Crippen LogP contribution in [-0.2, 0) is 0 Å². The van der Waals surface area contributed by atoms with E-state index in [1.165, 1.54) is 0 Å². The van der Waals surface area contributed by atoms with E-state index in [0.717, 1.165) is 22.6 Å². The van der Waals surface area contributed by atoms with Crippen LogP contribution in [0.25, 0.3) is 89.5 Å². The van der Waals surface area contributed by atoms with Crippen molar-refractivity contribution in [3.63, 3.8) is 0 Å². The van der Waals surface area contributed by atoms with E-state index in [1.54, 1.807) is 12.1 Å². The molecule has 7 aromatic carbocycles. The Kier molecular flexibility index (Phi) is 4.63. The minimum atomic E-state index is -0.680. The average Bonchev–Trinajstić information content (AvgIpc) is 3.67. The summed E-state index contributed by atoms with van der Waals surface area (Å²) in [4.78, 5) is 14.6. The molecule has 0 aliphatic heterocycles. The third kappa shape index (κ3) is 5.45. The Morgan fingerprint density at radius 3 is 1.65 bits per heavy atom. The maximum absolute atomic E-state index is 9.65. The molecule has 0 N–H and O–H groups in total. The van der Waals surface area contributed by atoms with Crippen molar-refractivity contribution in [3.05, 3.63) is 176 Å². The first-order chi connectivity index (χ1) is 29.3. The van der Waals surface area contributed by atoms with E-state index in [9.17, 15) is 2.74 Å². The molecule has 0 aliphatic rings. The summed E-state index contributed by atoms with van der Waals surface area (Å²) >= 11 is 0. The molecule has 0 saturated carbocycles. The second kappa shape index (κ2) is 12.2. The van der Waals surface area contributed by atoms with Crippen LogP contribution < -0.4 is 0 Å². The van der Waals surface area contributed by atoms with Gasteiger partial charge in [0.1, 0.15) is 11.2 Å². The highest BCUT2D eigenvalue weighted by molar-refractivity contribution is 6.11. The van der Waals surface area contributed by atoms with Crippen LogP contribution in [-0.4, -0.2) is 15.0 Å². The van der Waals surface area contributed by atoms with Crippen molar-refractivity contribution in [2.75, 3.05) is 0 Å². The molecule has 0 bridgehead atoms. The maximum Gasteiger partial charge on any atom is 0.164 e. The number of furan rings is 1. The molecule has 2 aromatic heterocycles. The van der Waals surface area contributed by atoms with Crippen molar-refractivity contribution in [3.8, 4) is 67.5 Å². The zero-order valence-corrected chi connectivity index (χ0v) is 25.6. The van der Waals surface area contributed by atoms with E-state index in [4.69, 9.17) is 33.1 Å². The molecule has 0 fully saturated rings. The normalized spacial score (nSPS) is 14.7. The predicted octanol–water partition coefficient (Wildman–Crippen LogP) is 11.8. The van der Waals surface area contributed by atoms with Crippen molar-refractivity contribution in [1.29, 1.82) is 0 Å². The molecule has 230 valence electrons. The maximum atomic E-state index is 9.65. The summed E-state index contributed by atoms with van der Waals surface area (Å²) in [6.45, 7) is 0. The molecule has 0 atom stereocenters. The first kappa shape index (κ1) is 18.6. The smallest absolute Gasteiger partial charge is 0.164 e. The number of para-hydroxylation sites is 1. The lowest BCUT2D eigenvalue weighted by Crippen LogP contribution is -2.01. The minimum Gasteiger partial charge on any atom is -0.456 e. The van der Waals surface area contributed by atoms with Crippen LogP contribution in [0.3, 0.4) is 0 Å². The topological polar surface area (TPSA) is 51.8 Å². The van der Waals surface area contributed by atoms with E-state index in [1.807, 2.05) is 84.9 Å². The molecular formula is C45H29N3O.